The van der Waals surface area contributed by atoms with E-state index in [1.165, 1.54) is 4.57 Å². The van der Waals surface area contributed by atoms with Gasteiger partial charge in [0.05, 0.1) is 11.1 Å². The van der Waals surface area contributed by atoms with Gasteiger partial charge in [0, 0.05) is 31.6 Å². The molecule has 0 aliphatic carbocycles. The van der Waals surface area contributed by atoms with Crippen LogP contribution in [0.5, 0.6) is 0 Å². The van der Waals surface area contributed by atoms with Gasteiger partial charge in [-0.25, -0.2) is 14.6 Å². The molecule has 3 aromatic rings. The summed E-state index contributed by atoms with van der Waals surface area (Å²) in [6.07, 6.45) is 1.24. The first-order chi connectivity index (χ1) is 16.7. The molecule has 0 unspecified atom stereocenters. The summed E-state index contributed by atoms with van der Waals surface area (Å²) < 4.78 is 12.4. The maximum Gasteiger partial charge on any atom is 0.407 e. The summed E-state index contributed by atoms with van der Waals surface area (Å²) in [7, 11) is 1.67. The number of carbonyl (C=O) groups excluding carboxylic acids is 2. The van der Waals surface area contributed by atoms with Gasteiger partial charge < -0.3 is 29.2 Å². The number of imidazole rings is 1. The highest BCUT2D eigenvalue weighted by atomic mass is 16.6. The van der Waals surface area contributed by atoms with Gasteiger partial charge >= 0.3 is 12.1 Å². The standard InChI is InChI=1S/C26H35N5O5/c1-25(2,3)35-22(33)15-10-11-17-18(13-15)30(7)21(32)20-19(17)28-23(29-20)31-12-8-9-16(14-31)27-24(34)36-26(4,5)6/h10-11,13,16H,8-9,12,14H2,1-7H3,(H,27,34)(H,28,29)/t16-/m1/s1. The third-order valence-corrected chi connectivity index (χ3v) is 5.90. The molecule has 2 N–H and O–H groups in total. The van der Waals surface area contributed by atoms with Crippen molar-refractivity contribution < 1.29 is 19.1 Å². The number of ether oxygens (including phenoxy) is 2. The second-order valence-corrected chi connectivity index (χ2v) is 11.3. The number of amides is 1. The fraction of sp³-hybridized carbons (Fsp3) is 0.538. The second-order valence-electron chi connectivity index (χ2n) is 11.3. The molecule has 1 fully saturated rings. The van der Waals surface area contributed by atoms with E-state index in [1.54, 1.807) is 25.2 Å². The van der Waals surface area contributed by atoms with E-state index in [-0.39, 0.29) is 11.6 Å². The van der Waals surface area contributed by atoms with Crippen LogP contribution in [0.15, 0.2) is 23.0 Å². The molecular weight excluding hydrogens is 462 g/mol. The normalized spacial score (nSPS) is 16.9. The van der Waals surface area contributed by atoms with Crippen LogP contribution in [-0.4, -0.2) is 56.9 Å². The zero-order valence-electron chi connectivity index (χ0n) is 22.0. The number of nitrogens with one attached hydrogen (secondary N) is 2. The van der Waals surface area contributed by atoms with Gasteiger partial charge in [-0.15, -0.1) is 0 Å². The molecule has 10 nitrogen and oxygen atoms in total. The maximum absolute atomic E-state index is 13.2. The number of esters is 1. The fourth-order valence-electron chi connectivity index (χ4n) is 4.37. The highest BCUT2D eigenvalue weighted by molar-refractivity contribution is 6.05. The molecule has 1 amide bonds. The van der Waals surface area contributed by atoms with E-state index >= 15 is 0 Å². The Bertz CT molecular complexity index is 1380. The average molecular weight is 498 g/mol. The Morgan fingerprint density at radius 3 is 2.47 bits per heavy atom. The van der Waals surface area contributed by atoms with Crippen molar-refractivity contribution >= 4 is 39.9 Å². The zero-order valence-corrected chi connectivity index (χ0v) is 22.0. The van der Waals surface area contributed by atoms with Crippen molar-refractivity contribution in [2.24, 2.45) is 7.05 Å². The highest BCUT2D eigenvalue weighted by Crippen LogP contribution is 2.26. The Morgan fingerprint density at radius 2 is 1.81 bits per heavy atom. The number of aromatic nitrogens is 3. The van der Waals surface area contributed by atoms with Gasteiger partial charge in [0.15, 0.2) is 0 Å². The average Bonchev–Trinajstić information content (AvgIpc) is 3.20. The van der Waals surface area contributed by atoms with Crippen LogP contribution in [0.2, 0.25) is 0 Å². The minimum Gasteiger partial charge on any atom is -0.456 e. The molecule has 0 radical (unpaired) electrons. The van der Waals surface area contributed by atoms with Gasteiger partial charge in [0.25, 0.3) is 5.56 Å². The summed E-state index contributed by atoms with van der Waals surface area (Å²) >= 11 is 0. The van der Waals surface area contributed by atoms with Crippen LogP contribution in [-0.2, 0) is 16.5 Å². The van der Waals surface area contributed by atoms with Crippen molar-refractivity contribution in [3.63, 3.8) is 0 Å². The Labute approximate surface area is 210 Å². The molecule has 4 rings (SSSR count). The number of benzene rings is 1. The Kier molecular flexibility index (Phi) is 6.49. The van der Waals surface area contributed by atoms with Crippen molar-refractivity contribution in [2.45, 2.75) is 71.6 Å². The molecule has 1 aromatic carbocycles. The number of H-pyrrole nitrogens is 1. The Hall–Kier alpha value is -3.56. The number of hydrogen-bond donors (Lipinski definition) is 2. The number of anilines is 1. The smallest absolute Gasteiger partial charge is 0.407 e. The van der Waals surface area contributed by atoms with Gasteiger partial charge in [-0.2, -0.15) is 0 Å². The number of pyridine rings is 1. The highest BCUT2D eigenvalue weighted by Gasteiger charge is 2.27. The minimum atomic E-state index is -0.621. The lowest BCUT2D eigenvalue weighted by atomic mass is 10.1. The SMILES string of the molecule is Cn1c(=O)c2[nH]c(N3CCC[C@@H](NC(=O)OC(C)(C)C)C3)nc2c2ccc(C(=O)OC(C)(C)C)cc21. The molecule has 1 aliphatic heterocycles. The molecule has 194 valence electrons. The largest absolute Gasteiger partial charge is 0.456 e. The monoisotopic (exact) mass is 497 g/mol. The summed E-state index contributed by atoms with van der Waals surface area (Å²) in [5.74, 6) is 0.123. The van der Waals surface area contributed by atoms with Crippen LogP contribution >= 0.6 is 0 Å². The topological polar surface area (TPSA) is 119 Å². The van der Waals surface area contributed by atoms with Crippen LogP contribution in [0.25, 0.3) is 21.9 Å². The minimum absolute atomic E-state index is 0.0993. The summed E-state index contributed by atoms with van der Waals surface area (Å²) in [5.41, 5.74) is 0.476. The first kappa shape index (κ1) is 25.5. The van der Waals surface area contributed by atoms with Crippen LogP contribution in [0.3, 0.4) is 0 Å². The molecule has 0 bridgehead atoms. The first-order valence-electron chi connectivity index (χ1n) is 12.2. The number of alkyl carbamates (subject to hydrolysis) is 1. The lowest BCUT2D eigenvalue weighted by Crippen LogP contribution is -2.49. The number of piperidine rings is 1. The van der Waals surface area contributed by atoms with Crippen molar-refractivity contribution in [1.82, 2.24) is 19.9 Å². The van der Waals surface area contributed by atoms with Crippen LogP contribution in [0.4, 0.5) is 10.7 Å². The third-order valence-electron chi connectivity index (χ3n) is 5.90. The predicted molar refractivity (Wildman–Crippen MR) is 139 cm³/mol. The number of hydrogen-bond acceptors (Lipinski definition) is 7. The molecule has 1 atom stereocenters. The molecule has 10 heteroatoms. The van der Waals surface area contributed by atoms with E-state index in [9.17, 15) is 14.4 Å². The quantitative estimate of drug-likeness (QED) is 0.528. The number of rotatable bonds is 3. The van der Waals surface area contributed by atoms with E-state index < -0.39 is 23.3 Å². The van der Waals surface area contributed by atoms with Crippen LogP contribution < -0.4 is 15.8 Å². The molecular formula is C26H35N5O5. The molecule has 0 saturated carbocycles. The van der Waals surface area contributed by atoms with Gasteiger partial charge in [0.1, 0.15) is 22.2 Å². The molecule has 1 aliphatic rings. The number of aryl methyl sites for hydroxylation is 1. The Morgan fingerprint density at radius 1 is 1.11 bits per heavy atom. The van der Waals surface area contributed by atoms with Crippen LogP contribution in [0, 0.1) is 0 Å². The van der Waals surface area contributed by atoms with Gasteiger partial charge in [0.2, 0.25) is 5.95 Å². The molecule has 1 saturated heterocycles. The van der Waals surface area contributed by atoms with Crippen LogP contribution in [0.1, 0.15) is 64.7 Å². The Balaban J connectivity index is 1.64. The van der Waals surface area contributed by atoms with E-state index in [4.69, 9.17) is 14.5 Å². The summed E-state index contributed by atoms with van der Waals surface area (Å²) in [4.78, 5) is 48.0. The lowest BCUT2D eigenvalue weighted by molar-refractivity contribution is 0.00693. The number of aromatic amines is 1. The number of nitrogens with zero attached hydrogens (tertiary/aromatic N) is 3. The summed E-state index contributed by atoms with van der Waals surface area (Å²) in [6, 6.07) is 5.05. The third kappa shape index (κ3) is 5.47. The van der Waals surface area contributed by atoms with Gasteiger partial charge in [-0.3, -0.25) is 4.79 Å². The number of carbonyl (C=O) groups is 2. The van der Waals surface area contributed by atoms with Gasteiger partial charge in [-0.05, 0) is 72.6 Å². The molecule has 2 aromatic heterocycles. The van der Waals surface area contributed by atoms with Crippen molar-refractivity contribution in [1.29, 1.82) is 0 Å². The maximum atomic E-state index is 13.2. The fourth-order valence-corrected chi connectivity index (χ4v) is 4.37. The second kappa shape index (κ2) is 9.15. The zero-order chi connectivity index (χ0) is 26.4. The molecule has 36 heavy (non-hydrogen) atoms. The lowest BCUT2D eigenvalue weighted by Gasteiger charge is -2.33. The number of fused-ring (bicyclic) bond motifs is 3. The van der Waals surface area contributed by atoms with Gasteiger partial charge in [-0.1, -0.05) is 0 Å². The van der Waals surface area contributed by atoms with E-state index in [2.05, 4.69) is 10.3 Å². The van der Waals surface area contributed by atoms with Crippen molar-refractivity contribution in [2.75, 3.05) is 18.0 Å². The summed E-state index contributed by atoms with van der Waals surface area (Å²) in [6.45, 7) is 12.2. The first-order valence-corrected chi connectivity index (χ1v) is 12.2. The predicted octanol–water partition coefficient (Wildman–Crippen LogP) is 3.86. The summed E-state index contributed by atoms with van der Waals surface area (Å²) in [5, 5.41) is 3.69. The van der Waals surface area contributed by atoms with E-state index in [1.807, 2.05) is 46.4 Å². The van der Waals surface area contributed by atoms with E-state index in [0.717, 1.165) is 24.8 Å². The van der Waals surface area contributed by atoms with Crippen molar-refractivity contribution in [3.05, 3.63) is 34.1 Å². The van der Waals surface area contributed by atoms with E-state index in [0.29, 0.717) is 34.6 Å². The molecule has 0 spiro atoms. The van der Waals surface area contributed by atoms with Crippen molar-refractivity contribution in [3.8, 4) is 0 Å². The molecule has 3 heterocycles.